The van der Waals surface area contributed by atoms with E-state index in [0.29, 0.717) is 17.9 Å². The molecule has 31 heavy (non-hydrogen) atoms. The molecule has 1 atom stereocenters. The van der Waals surface area contributed by atoms with Crippen molar-refractivity contribution in [2.24, 2.45) is 0 Å². The molecule has 1 heterocycles. The van der Waals surface area contributed by atoms with E-state index in [1.54, 1.807) is 29.7 Å². The Bertz CT molecular complexity index is 1290. The molecule has 0 N–H and O–H groups in total. The number of hydrogen-bond donors (Lipinski definition) is 0. The standard InChI is InChI=1S/C27H25NO3/c1-18-9-12-21(13-10-18)17-28-25-14-11-19(2)15-24(25)23(16-26(28)29)20(3)27(30)31-22-7-5-4-6-8-22/h4-16,20H,17H2,1-3H3. The van der Waals surface area contributed by atoms with E-state index in [1.165, 1.54) is 5.56 Å². The van der Waals surface area contributed by atoms with E-state index in [-0.39, 0.29) is 11.5 Å². The van der Waals surface area contributed by atoms with Gasteiger partial charge in [0.1, 0.15) is 5.75 Å². The van der Waals surface area contributed by atoms with Crippen molar-refractivity contribution in [1.29, 1.82) is 0 Å². The minimum atomic E-state index is -0.578. The van der Waals surface area contributed by atoms with Crippen molar-refractivity contribution >= 4 is 16.9 Å². The Labute approximate surface area is 181 Å². The van der Waals surface area contributed by atoms with Gasteiger partial charge >= 0.3 is 5.97 Å². The zero-order chi connectivity index (χ0) is 22.0. The lowest BCUT2D eigenvalue weighted by molar-refractivity contribution is -0.135. The molecule has 4 rings (SSSR count). The molecule has 0 saturated carbocycles. The number of rotatable bonds is 5. The third-order valence-corrected chi connectivity index (χ3v) is 5.54. The first-order valence-electron chi connectivity index (χ1n) is 10.4. The van der Waals surface area contributed by atoms with Crippen molar-refractivity contribution in [1.82, 2.24) is 4.57 Å². The number of benzene rings is 3. The van der Waals surface area contributed by atoms with Crippen LogP contribution in [-0.2, 0) is 11.3 Å². The van der Waals surface area contributed by atoms with Crippen LogP contribution in [0.25, 0.3) is 10.9 Å². The number of ether oxygens (including phenoxy) is 1. The summed E-state index contributed by atoms with van der Waals surface area (Å²) in [6, 6.07) is 24.7. The van der Waals surface area contributed by atoms with Crippen molar-refractivity contribution < 1.29 is 9.53 Å². The number of aromatic nitrogens is 1. The van der Waals surface area contributed by atoms with Gasteiger partial charge in [0.05, 0.1) is 18.0 Å². The lowest BCUT2D eigenvalue weighted by Crippen LogP contribution is -2.24. The Hall–Kier alpha value is -3.66. The SMILES string of the molecule is Cc1ccc(Cn2c(=O)cc(C(C)C(=O)Oc3ccccc3)c3cc(C)ccc32)cc1. The number of pyridine rings is 1. The van der Waals surface area contributed by atoms with Gasteiger partial charge in [0.15, 0.2) is 0 Å². The molecular weight excluding hydrogens is 386 g/mol. The predicted molar refractivity (Wildman–Crippen MR) is 124 cm³/mol. The van der Waals surface area contributed by atoms with Gasteiger partial charge in [-0.15, -0.1) is 0 Å². The third kappa shape index (κ3) is 4.43. The first kappa shape index (κ1) is 20.6. The number of para-hydroxylation sites is 1. The summed E-state index contributed by atoms with van der Waals surface area (Å²) in [5.41, 5.74) is 4.67. The molecule has 3 aromatic carbocycles. The van der Waals surface area contributed by atoms with Crippen LogP contribution in [0, 0.1) is 13.8 Å². The van der Waals surface area contributed by atoms with Gasteiger partial charge in [-0.1, -0.05) is 59.7 Å². The molecule has 0 fully saturated rings. The van der Waals surface area contributed by atoms with E-state index >= 15 is 0 Å². The monoisotopic (exact) mass is 411 g/mol. The Morgan fingerprint density at radius 2 is 1.58 bits per heavy atom. The number of carbonyl (C=O) groups is 1. The average Bonchev–Trinajstić information content (AvgIpc) is 2.77. The van der Waals surface area contributed by atoms with Gasteiger partial charge in [0.2, 0.25) is 0 Å². The van der Waals surface area contributed by atoms with E-state index < -0.39 is 5.92 Å². The summed E-state index contributed by atoms with van der Waals surface area (Å²) in [5.74, 6) is -0.469. The van der Waals surface area contributed by atoms with Gasteiger partial charge < -0.3 is 9.30 Å². The second-order valence-corrected chi connectivity index (χ2v) is 7.99. The normalized spacial score (nSPS) is 12.0. The van der Waals surface area contributed by atoms with Crippen LogP contribution in [0.2, 0.25) is 0 Å². The molecule has 156 valence electrons. The number of aryl methyl sites for hydroxylation is 2. The van der Waals surface area contributed by atoms with E-state index in [4.69, 9.17) is 4.74 Å². The highest BCUT2D eigenvalue weighted by Crippen LogP contribution is 2.27. The predicted octanol–water partition coefficient (Wildman–Crippen LogP) is 5.38. The molecule has 4 aromatic rings. The molecule has 0 amide bonds. The van der Waals surface area contributed by atoms with Crippen LogP contribution in [-0.4, -0.2) is 10.5 Å². The van der Waals surface area contributed by atoms with Crippen molar-refractivity contribution in [2.45, 2.75) is 33.2 Å². The van der Waals surface area contributed by atoms with Crippen LogP contribution in [0.4, 0.5) is 0 Å². The van der Waals surface area contributed by atoms with Crippen molar-refractivity contribution in [3.63, 3.8) is 0 Å². The molecule has 4 nitrogen and oxygen atoms in total. The third-order valence-electron chi connectivity index (χ3n) is 5.54. The molecule has 0 radical (unpaired) electrons. The maximum atomic E-state index is 13.1. The van der Waals surface area contributed by atoms with E-state index in [0.717, 1.165) is 22.0 Å². The van der Waals surface area contributed by atoms with Crippen molar-refractivity contribution in [2.75, 3.05) is 0 Å². The van der Waals surface area contributed by atoms with Crippen LogP contribution in [0.5, 0.6) is 5.75 Å². The highest BCUT2D eigenvalue weighted by atomic mass is 16.5. The van der Waals surface area contributed by atoms with Crippen LogP contribution in [0.3, 0.4) is 0 Å². The summed E-state index contributed by atoms with van der Waals surface area (Å²) in [6.45, 7) is 6.30. The molecule has 0 aliphatic carbocycles. The van der Waals surface area contributed by atoms with Crippen LogP contribution >= 0.6 is 0 Å². The topological polar surface area (TPSA) is 48.3 Å². The molecule has 0 spiro atoms. The lowest BCUT2D eigenvalue weighted by atomic mass is 9.96. The molecule has 1 aromatic heterocycles. The number of hydrogen-bond acceptors (Lipinski definition) is 3. The fraction of sp³-hybridized carbons (Fsp3) is 0.185. The summed E-state index contributed by atoms with van der Waals surface area (Å²) in [6.07, 6.45) is 0. The summed E-state index contributed by atoms with van der Waals surface area (Å²) >= 11 is 0. The van der Waals surface area contributed by atoms with Gasteiger partial charge in [-0.3, -0.25) is 9.59 Å². The Balaban J connectivity index is 1.76. The first-order valence-corrected chi connectivity index (χ1v) is 10.4. The minimum absolute atomic E-state index is 0.133. The Kier molecular flexibility index (Phi) is 5.72. The van der Waals surface area contributed by atoms with Crippen molar-refractivity contribution in [3.8, 4) is 5.75 Å². The Morgan fingerprint density at radius 1 is 0.903 bits per heavy atom. The van der Waals surface area contributed by atoms with Crippen LogP contribution in [0.15, 0.2) is 83.7 Å². The van der Waals surface area contributed by atoms with Gasteiger partial charge in [-0.2, -0.15) is 0 Å². The minimum Gasteiger partial charge on any atom is -0.426 e. The summed E-state index contributed by atoms with van der Waals surface area (Å²) < 4.78 is 7.30. The second kappa shape index (κ2) is 8.60. The molecule has 4 heteroatoms. The smallest absolute Gasteiger partial charge is 0.318 e. The molecule has 1 unspecified atom stereocenters. The Morgan fingerprint density at radius 3 is 2.29 bits per heavy atom. The largest absolute Gasteiger partial charge is 0.426 e. The lowest BCUT2D eigenvalue weighted by Gasteiger charge is -2.18. The molecular formula is C27H25NO3. The number of fused-ring (bicyclic) bond motifs is 1. The maximum absolute atomic E-state index is 13.1. The van der Waals surface area contributed by atoms with Gasteiger partial charge in [0.25, 0.3) is 5.56 Å². The molecule has 0 saturated heterocycles. The van der Waals surface area contributed by atoms with Crippen LogP contribution in [0.1, 0.15) is 35.1 Å². The zero-order valence-corrected chi connectivity index (χ0v) is 18.0. The number of esters is 1. The molecule has 0 aliphatic rings. The van der Waals surface area contributed by atoms with Crippen LogP contribution < -0.4 is 10.3 Å². The van der Waals surface area contributed by atoms with E-state index in [1.807, 2.05) is 74.5 Å². The quantitative estimate of drug-likeness (QED) is 0.327. The zero-order valence-electron chi connectivity index (χ0n) is 18.0. The fourth-order valence-electron chi connectivity index (χ4n) is 3.74. The first-order chi connectivity index (χ1) is 14.9. The number of nitrogens with zero attached hydrogens (tertiary/aromatic N) is 1. The van der Waals surface area contributed by atoms with Gasteiger partial charge in [-0.05, 0) is 56.2 Å². The summed E-state index contributed by atoms with van der Waals surface area (Å²) in [4.78, 5) is 25.9. The van der Waals surface area contributed by atoms with E-state index in [2.05, 4.69) is 0 Å². The highest BCUT2D eigenvalue weighted by Gasteiger charge is 2.22. The van der Waals surface area contributed by atoms with E-state index in [9.17, 15) is 9.59 Å². The summed E-state index contributed by atoms with van der Waals surface area (Å²) in [5, 5.41) is 0.893. The number of carbonyl (C=O) groups excluding carboxylic acids is 1. The van der Waals surface area contributed by atoms with Gasteiger partial charge in [0, 0.05) is 11.5 Å². The second-order valence-electron chi connectivity index (χ2n) is 7.99. The fourth-order valence-corrected chi connectivity index (χ4v) is 3.74. The van der Waals surface area contributed by atoms with Crippen molar-refractivity contribution in [3.05, 3.63) is 111 Å². The average molecular weight is 412 g/mol. The molecule has 0 aliphatic heterocycles. The highest BCUT2D eigenvalue weighted by molar-refractivity contribution is 5.90. The maximum Gasteiger partial charge on any atom is 0.318 e. The summed E-state index contributed by atoms with van der Waals surface area (Å²) in [7, 11) is 0. The van der Waals surface area contributed by atoms with Gasteiger partial charge in [-0.25, -0.2) is 0 Å². The molecule has 0 bridgehead atoms.